The molecule has 2 rings (SSSR count). The van der Waals surface area contributed by atoms with Crippen LogP contribution in [-0.4, -0.2) is 31.6 Å². The smallest absolute Gasteiger partial charge is 0.223 e. The maximum absolute atomic E-state index is 12.1. The molecule has 1 saturated heterocycles. The second-order valence-electron chi connectivity index (χ2n) is 6.04. The summed E-state index contributed by atoms with van der Waals surface area (Å²) < 4.78 is 5.70. The molecule has 5 heteroatoms. The topological polar surface area (TPSA) is 50.4 Å². The van der Waals surface area contributed by atoms with Crippen molar-refractivity contribution in [2.24, 2.45) is 5.92 Å². The Hall–Kier alpha value is -1.26. The summed E-state index contributed by atoms with van der Waals surface area (Å²) in [4.78, 5) is 12.1. The first-order valence-corrected chi connectivity index (χ1v) is 7.77. The number of benzene rings is 1. The van der Waals surface area contributed by atoms with Gasteiger partial charge in [-0.05, 0) is 63.4 Å². The summed E-state index contributed by atoms with van der Waals surface area (Å²) in [6.45, 7) is 8.24. The highest BCUT2D eigenvalue weighted by atomic mass is 35.5. The number of halogens is 1. The number of rotatable bonds is 5. The molecule has 1 heterocycles. The lowest BCUT2D eigenvalue weighted by atomic mass is 9.92. The van der Waals surface area contributed by atoms with Crippen LogP contribution in [0.4, 0.5) is 0 Å². The Balaban J connectivity index is 0.00000242. The van der Waals surface area contributed by atoms with E-state index in [1.807, 2.05) is 12.1 Å². The fourth-order valence-electron chi connectivity index (χ4n) is 2.87. The van der Waals surface area contributed by atoms with Gasteiger partial charge in [-0.1, -0.05) is 6.07 Å². The van der Waals surface area contributed by atoms with Crippen LogP contribution in [0.5, 0.6) is 5.75 Å². The molecule has 0 unspecified atom stereocenters. The number of hydrogen-bond acceptors (Lipinski definition) is 3. The van der Waals surface area contributed by atoms with E-state index in [1.54, 1.807) is 0 Å². The highest BCUT2D eigenvalue weighted by molar-refractivity contribution is 5.85. The molecule has 1 fully saturated rings. The monoisotopic (exact) mass is 326 g/mol. The van der Waals surface area contributed by atoms with Gasteiger partial charge in [0.1, 0.15) is 12.4 Å². The predicted octanol–water partition coefficient (Wildman–Crippen LogP) is 2.61. The van der Waals surface area contributed by atoms with Crippen LogP contribution in [0.3, 0.4) is 0 Å². The van der Waals surface area contributed by atoms with Crippen molar-refractivity contribution in [1.29, 1.82) is 0 Å². The van der Waals surface area contributed by atoms with Crippen molar-refractivity contribution in [1.82, 2.24) is 10.6 Å². The lowest BCUT2D eigenvalue weighted by Gasteiger charge is -2.27. The highest BCUT2D eigenvalue weighted by Crippen LogP contribution is 2.17. The number of aryl methyl sites for hydroxylation is 2. The van der Waals surface area contributed by atoms with Crippen LogP contribution < -0.4 is 15.4 Å². The van der Waals surface area contributed by atoms with E-state index < -0.39 is 0 Å². The van der Waals surface area contributed by atoms with Gasteiger partial charge in [-0.25, -0.2) is 0 Å². The molecule has 0 spiro atoms. The molecule has 1 aliphatic rings. The fraction of sp³-hybridized carbons (Fsp3) is 0.588. The summed E-state index contributed by atoms with van der Waals surface area (Å²) in [6.07, 6.45) is 1.85. The standard InChI is InChI=1S/C17H26N2O2.ClH/c1-12-8-13(2)10-16(9-12)21-7-6-19-17(20)15-4-5-18-14(3)11-15;/h8-10,14-15,18H,4-7,11H2,1-3H3,(H,19,20);1H/t14-,15-;/m0./s1. The zero-order chi connectivity index (χ0) is 15.2. The zero-order valence-electron chi connectivity index (χ0n) is 13.6. The molecule has 0 saturated carbocycles. The number of piperidine rings is 1. The fourth-order valence-corrected chi connectivity index (χ4v) is 2.87. The summed E-state index contributed by atoms with van der Waals surface area (Å²) in [5.74, 6) is 1.17. The van der Waals surface area contributed by atoms with Gasteiger partial charge in [-0.15, -0.1) is 12.4 Å². The van der Waals surface area contributed by atoms with E-state index in [-0.39, 0.29) is 24.2 Å². The van der Waals surface area contributed by atoms with E-state index >= 15 is 0 Å². The average molecular weight is 327 g/mol. The van der Waals surface area contributed by atoms with Gasteiger partial charge in [0.15, 0.2) is 0 Å². The minimum absolute atomic E-state index is 0. The third-order valence-electron chi connectivity index (χ3n) is 3.86. The molecule has 22 heavy (non-hydrogen) atoms. The Morgan fingerprint density at radius 2 is 2.00 bits per heavy atom. The van der Waals surface area contributed by atoms with Crippen LogP contribution in [0.1, 0.15) is 30.9 Å². The van der Waals surface area contributed by atoms with Crippen molar-refractivity contribution < 1.29 is 9.53 Å². The normalized spacial score (nSPS) is 20.9. The van der Waals surface area contributed by atoms with Crippen molar-refractivity contribution in [3.8, 4) is 5.75 Å². The van der Waals surface area contributed by atoms with Crippen molar-refractivity contribution in [2.45, 2.75) is 39.7 Å². The summed E-state index contributed by atoms with van der Waals surface area (Å²) in [6, 6.07) is 6.58. The van der Waals surface area contributed by atoms with Gasteiger partial charge in [0.25, 0.3) is 0 Å². The maximum atomic E-state index is 12.1. The molecule has 0 aromatic heterocycles. The Bertz CT molecular complexity index is 473. The van der Waals surface area contributed by atoms with E-state index in [1.165, 1.54) is 11.1 Å². The molecule has 0 bridgehead atoms. The van der Waals surface area contributed by atoms with Gasteiger partial charge in [0.2, 0.25) is 5.91 Å². The first-order valence-electron chi connectivity index (χ1n) is 7.77. The number of hydrogen-bond donors (Lipinski definition) is 2. The lowest BCUT2D eigenvalue weighted by molar-refractivity contribution is -0.126. The summed E-state index contributed by atoms with van der Waals surface area (Å²) in [7, 11) is 0. The quantitative estimate of drug-likeness (QED) is 0.818. The number of carbonyl (C=O) groups excluding carboxylic acids is 1. The molecular weight excluding hydrogens is 300 g/mol. The van der Waals surface area contributed by atoms with Crippen molar-refractivity contribution in [3.05, 3.63) is 29.3 Å². The number of amides is 1. The molecule has 4 nitrogen and oxygen atoms in total. The molecule has 0 aliphatic carbocycles. The van der Waals surface area contributed by atoms with Crippen molar-refractivity contribution >= 4 is 18.3 Å². The summed E-state index contributed by atoms with van der Waals surface area (Å²) in [5, 5.41) is 6.34. The molecule has 2 N–H and O–H groups in total. The SMILES string of the molecule is Cc1cc(C)cc(OCCNC(=O)[C@H]2CCN[C@@H](C)C2)c1.Cl. The Morgan fingerprint density at radius 3 is 2.64 bits per heavy atom. The van der Waals surface area contributed by atoms with E-state index in [0.29, 0.717) is 19.2 Å². The van der Waals surface area contributed by atoms with Crippen LogP contribution in [0.25, 0.3) is 0 Å². The number of nitrogens with one attached hydrogen (secondary N) is 2. The first kappa shape index (κ1) is 18.8. The predicted molar refractivity (Wildman–Crippen MR) is 91.9 cm³/mol. The van der Waals surface area contributed by atoms with E-state index in [0.717, 1.165) is 25.1 Å². The van der Waals surface area contributed by atoms with Gasteiger partial charge >= 0.3 is 0 Å². The van der Waals surface area contributed by atoms with E-state index in [4.69, 9.17) is 4.74 Å². The van der Waals surface area contributed by atoms with E-state index in [2.05, 4.69) is 37.5 Å². The Morgan fingerprint density at radius 1 is 1.32 bits per heavy atom. The molecule has 1 aromatic rings. The molecular formula is C17H27ClN2O2. The van der Waals surface area contributed by atoms with Crippen molar-refractivity contribution in [2.75, 3.05) is 19.7 Å². The molecule has 1 amide bonds. The summed E-state index contributed by atoms with van der Waals surface area (Å²) in [5.41, 5.74) is 2.38. The molecule has 124 valence electrons. The molecule has 2 atom stereocenters. The van der Waals surface area contributed by atoms with Gasteiger partial charge in [0.05, 0.1) is 6.54 Å². The minimum Gasteiger partial charge on any atom is -0.492 e. The largest absolute Gasteiger partial charge is 0.492 e. The maximum Gasteiger partial charge on any atom is 0.223 e. The van der Waals surface area contributed by atoms with Crippen LogP contribution in [0, 0.1) is 19.8 Å². The first-order chi connectivity index (χ1) is 10.0. The minimum atomic E-state index is 0. The average Bonchev–Trinajstić information content (AvgIpc) is 2.42. The van der Waals surface area contributed by atoms with Crippen LogP contribution >= 0.6 is 12.4 Å². The van der Waals surface area contributed by atoms with Gasteiger partial charge < -0.3 is 15.4 Å². The third kappa shape index (κ3) is 5.85. The third-order valence-corrected chi connectivity index (χ3v) is 3.86. The number of ether oxygens (including phenoxy) is 1. The second kappa shape index (κ2) is 9.01. The number of carbonyl (C=O) groups is 1. The zero-order valence-corrected chi connectivity index (χ0v) is 14.5. The van der Waals surface area contributed by atoms with Crippen LogP contribution in [0.2, 0.25) is 0 Å². The molecule has 1 aromatic carbocycles. The molecule has 1 aliphatic heterocycles. The Labute approximate surface area is 139 Å². The lowest BCUT2D eigenvalue weighted by Crippen LogP contribution is -2.43. The highest BCUT2D eigenvalue weighted by Gasteiger charge is 2.24. The summed E-state index contributed by atoms with van der Waals surface area (Å²) >= 11 is 0. The van der Waals surface area contributed by atoms with Crippen molar-refractivity contribution in [3.63, 3.8) is 0 Å². The van der Waals surface area contributed by atoms with Gasteiger partial charge in [-0.3, -0.25) is 4.79 Å². The van der Waals surface area contributed by atoms with Gasteiger partial charge in [-0.2, -0.15) is 0 Å². The Kier molecular flexibility index (Phi) is 7.69. The van der Waals surface area contributed by atoms with Crippen LogP contribution in [-0.2, 0) is 4.79 Å². The van der Waals surface area contributed by atoms with E-state index in [9.17, 15) is 4.79 Å². The van der Waals surface area contributed by atoms with Gasteiger partial charge in [0, 0.05) is 12.0 Å². The second-order valence-corrected chi connectivity index (χ2v) is 6.04. The van der Waals surface area contributed by atoms with Crippen LogP contribution in [0.15, 0.2) is 18.2 Å². The molecule has 0 radical (unpaired) electrons.